The van der Waals surface area contributed by atoms with Crippen LogP contribution in [0.3, 0.4) is 0 Å². The molecule has 2 bridgehead atoms. The molecule has 0 atom stereocenters. The van der Waals surface area contributed by atoms with E-state index in [1.54, 1.807) is 4.68 Å². The average molecular weight is 541 g/mol. The Morgan fingerprint density at radius 2 is 1.80 bits per heavy atom. The molecule has 0 unspecified atom stereocenters. The first-order valence-electron chi connectivity index (χ1n) is 14.5. The molecule has 0 saturated heterocycles. The summed E-state index contributed by atoms with van der Waals surface area (Å²) in [6, 6.07) is 16.6. The van der Waals surface area contributed by atoms with Gasteiger partial charge in [-0.2, -0.15) is 0 Å². The van der Waals surface area contributed by atoms with Crippen LogP contribution in [0.5, 0.6) is 0 Å². The fourth-order valence-corrected chi connectivity index (χ4v) is 6.69. The van der Waals surface area contributed by atoms with Gasteiger partial charge < -0.3 is 4.74 Å². The second kappa shape index (κ2) is 10.9. The van der Waals surface area contributed by atoms with Crippen molar-refractivity contribution < 1.29 is 9.53 Å². The third-order valence-corrected chi connectivity index (χ3v) is 8.67. The van der Waals surface area contributed by atoms with Crippen LogP contribution in [0, 0.1) is 0 Å². The van der Waals surface area contributed by atoms with Crippen LogP contribution >= 0.6 is 0 Å². The van der Waals surface area contributed by atoms with Gasteiger partial charge in [0.1, 0.15) is 0 Å². The van der Waals surface area contributed by atoms with Gasteiger partial charge in [-0.15, -0.1) is 5.10 Å². The number of ether oxygens (including phenoxy) is 1. The number of H-pyrrole nitrogens is 1. The summed E-state index contributed by atoms with van der Waals surface area (Å²) >= 11 is 0. The van der Waals surface area contributed by atoms with Crippen molar-refractivity contribution in [3.05, 3.63) is 75.7 Å². The Balaban J connectivity index is 1.37. The fourth-order valence-electron chi connectivity index (χ4n) is 6.69. The molecule has 9 heteroatoms. The predicted molar refractivity (Wildman–Crippen MR) is 152 cm³/mol. The lowest BCUT2D eigenvalue weighted by Gasteiger charge is -2.47. The molecule has 0 amide bonds. The number of aromatic nitrogens is 6. The number of carbonyl (C=O) groups excluding carboxylic acids is 1. The van der Waals surface area contributed by atoms with Crippen LogP contribution in [0.2, 0.25) is 0 Å². The number of hydrogen-bond acceptors (Lipinski definition) is 6. The number of nitrogens with zero attached hydrogens (tertiary/aromatic N) is 5. The summed E-state index contributed by atoms with van der Waals surface area (Å²) in [4.78, 5) is 27.5. The van der Waals surface area contributed by atoms with Crippen LogP contribution in [0.15, 0.2) is 53.3 Å². The van der Waals surface area contributed by atoms with Crippen molar-refractivity contribution in [3.8, 4) is 22.5 Å². The van der Waals surface area contributed by atoms with Crippen LogP contribution in [-0.4, -0.2) is 42.6 Å². The van der Waals surface area contributed by atoms with Gasteiger partial charge in [0.2, 0.25) is 0 Å². The molecular weight excluding hydrogens is 504 g/mol. The molecule has 7 rings (SSSR count). The summed E-state index contributed by atoms with van der Waals surface area (Å²) in [7, 11) is 0. The maximum atomic E-state index is 14.2. The zero-order valence-corrected chi connectivity index (χ0v) is 23.2. The highest BCUT2D eigenvalue weighted by molar-refractivity contribution is 5.80. The molecule has 40 heavy (non-hydrogen) atoms. The molecule has 0 radical (unpaired) electrons. The van der Waals surface area contributed by atoms with Crippen LogP contribution < -0.4 is 5.56 Å². The SMILES string of the molecule is CCCCCc1c(Cc2ccc(-c3ccccc3-c3nnn[nH]3)cc2)c(=O)n2n1C1CCC2(C(=O)OCC)CC1. The number of tetrazole rings is 1. The third-order valence-electron chi connectivity index (χ3n) is 8.67. The summed E-state index contributed by atoms with van der Waals surface area (Å²) in [5, 5.41) is 14.4. The van der Waals surface area contributed by atoms with Gasteiger partial charge in [0.25, 0.3) is 5.56 Å². The van der Waals surface area contributed by atoms with Crippen LogP contribution in [-0.2, 0) is 27.9 Å². The van der Waals surface area contributed by atoms with Crippen molar-refractivity contribution in [2.75, 3.05) is 6.61 Å². The molecule has 9 nitrogen and oxygen atoms in total. The maximum Gasteiger partial charge on any atom is 0.334 e. The van der Waals surface area contributed by atoms with Gasteiger partial charge in [-0.25, -0.2) is 14.6 Å². The number of carbonyl (C=O) groups is 1. The molecule has 0 spiro atoms. The van der Waals surface area contributed by atoms with Crippen molar-refractivity contribution in [1.29, 1.82) is 0 Å². The summed E-state index contributed by atoms with van der Waals surface area (Å²) in [5.74, 6) is 0.361. The van der Waals surface area contributed by atoms with E-state index in [1.165, 1.54) is 0 Å². The molecule has 1 saturated carbocycles. The number of esters is 1. The van der Waals surface area contributed by atoms with Crippen molar-refractivity contribution in [2.24, 2.45) is 0 Å². The van der Waals surface area contributed by atoms with Crippen LogP contribution in [0.1, 0.15) is 81.7 Å². The normalized spacial score (nSPS) is 19.5. The first-order chi connectivity index (χ1) is 19.6. The van der Waals surface area contributed by atoms with E-state index in [4.69, 9.17) is 4.74 Å². The highest BCUT2D eigenvalue weighted by Crippen LogP contribution is 2.47. The molecule has 4 heterocycles. The monoisotopic (exact) mass is 540 g/mol. The standard InChI is InChI=1S/C31H36N6O3/c1-3-5-6-11-27-26(29(38)37-31(30(39)40-4-2)18-16-23(17-19-31)36(27)37)20-21-12-14-22(15-13-21)24-9-7-8-10-25(24)28-32-34-35-33-28/h7-10,12-15,23H,3-6,11,16-20H2,1-2H3,(H,32,33,34,35). The van der Waals surface area contributed by atoms with Crippen molar-refractivity contribution >= 4 is 5.97 Å². The highest BCUT2D eigenvalue weighted by Gasteiger charge is 2.53. The second-order valence-electron chi connectivity index (χ2n) is 11.0. The van der Waals surface area contributed by atoms with E-state index >= 15 is 0 Å². The van der Waals surface area contributed by atoms with E-state index in [-0.39, 0.29) is 17.6 Å². The minimum absolute atomic E-state index is 0.0313. The molecular formula is C31H36N6O3. The third kappa shape index (κ3) is 4.37. The number of rotatable bonds is 10. The quantitative estimate of drug-likeness (QED) is 0.219. The zero-order valence-electron chi connectivity index (χ0n) is 23.2. The topological polar surface area (TPSA) is 108 Å². The van der Waals surface area contributed by atoms with E-state index < -0.39 is 5.54 Å². The van der Waals surface area contributed by atoms with E-state index in [9.17, 15) is 9.59 Å². The lowest BCUT2D eigenvalue weighted by atomic mass is 9.77. The average Bonchev–Trinajstić information content (AvgIpc) is 3.63. The lowest BCUT2D eigenvalue weighted by Crippen LogP contribution is -2.57. The summed E-state index contributed by atoms with van der Waals surface area (Å²) < 4.78 is 9.55. The van der Waals surface area contributed by atoms with Gasteiger partial charge >= 0.3 is 5.97 Å². The fraction of sp³-hybridized carbons (Fsp3) is 0.452. The lowest BCUT2D eigenvalue weighted by molar-refractivity contribution is -0.161. The smallest absolute Gasteiger partial charge is 0.334 e. The molecule has 4 aromatic rings. The van der Waals surface area contributed by atoms with Crippen molar-refractivity contribution in [1.82, 2.24) is 30.0 Å². The molecule has 1 fully saturated rings. The number of nitrogens with one attached hydrogen (secondary N) is 1. The Bertz CT molecular complexity index is 1540. The summed E-state index contributed by atoms with van der Waals surface area (Å²) in [5.41, 5.74) is 5.07. The Labute approximate surface area is 233 Å². The molecule has 208 valence electrons. The van der Waals surface area contributed by atoms with E-state index in [1.807, 2.05) is 25.1 Å². The largest absolute Gasteiger partial charge is 0.464 e. The van der Waals surface area contributed by atoms with Crippen LogP contribution in [0.4, 0.5) is 0 Å². The molecule has 2 aromatic heterocycles. The Kier molecular flexibility index (Phi) is 7.12. The number of unbranched alkanes of at least 4 members (excludes halogenated alkanes) is 2. The van der Waals surface area contributed by atoms with Gasteiger partial charge in [0.05, 0.1) is 12.6 Å². The van der Waals surface area contributed by atoms with Gasteiger partial charge in [0, 0.05) is 23.2 Å². The number of fused-ring (bicyclic) bond motifs is 2. The molecule has 2 aliphatic heterocycles. The predicted octanol–water partition coefficient (Wildman–Crippen LogP) is 5.21. The molecule has 2 aromatic carbocycles. The van der Waals surface area contributed by atoms with Gasteiger partial charge in [0.15, 0.2) is 11.4 Å². The molecule has 3 aliphatic rings. The Hall–Kier alpha value is -4.01. The van der Waals surface area contributed by atoms with Gasteiger partial charge in [-0.1, -0.05) is 68.3 Å². The zero-order chi connectivity index (χ0) is 27.7. The van der Waals surface area contributed by atoms with Crippen LogP contribution in [0.25, 0.3) is 22.5 Å². The Morgan fingerprint density at radius 3 is 2.48 bits per heavy atom. The van der Waals surface area contributed by atoms with Crippen molar-refractivity contribution in [3.63, 3.8) is 0 Å². The summed E-state index contributed by atoms with van der Waals surface area (Å²) in [6.45, 7) is 4.34. The van der Waals surface area contributed by atoms with Gasteiger partial charge in [-0.3, -0.25) is 9.48 Å². The minimum atomic E-state index is -0.886. The molecule has 1 N–H and O–H groups in total. The maximum absolute atomic E-state index is 14.2. The van der Waals surface area contributed by atoms with Gasteiger partial charge in [-0.05, 0) is 72.6 Å². The van der Waals surface area contributed by atoms with E-state index in [0.29, 0.717) is 31.7 Å². The second-order valence-corrected chi connectivity index (χ2v) is 11.0. The first kappa shape index (κ1) is 26.2. The highest BCUT2D eigenvalue weighted by atomic mass is 16.5. The van der Waals surface area contributed by atoms with Crippen molar-refractivity contribution in [2.45, 2.75) is 83.2 Å². The first-order valence-corrected chi connectivity index (χ1v) is 14.5. The number of aromatic amines is 1. The minimum Gasteiger partial charge on any atom is -0.464 e. The number of benzene rings is 2. The molecule has 1 aliphatic carbocycles. The number of hydrogen-bond donors (Lipinski definition) is 1. The van der Waals surface area contributed by atoms with E-state index in [2.05, 4.69) is 62.6 Å². The Morgan fingerprint density at radius 1 is 1.05 bits per heavy atom. The summed E-state index contributed by atoms with van der Waals surface area (Å²) in [6.07, 6.45) is 7.78. The van der Waals surface area contributed by atoms with E-state index in [0.717, 1.165) is 72.0 Å².